The Hall–Kier alpha value is -4.49. The first-order chi connectivity index (χ1) is 21.0. The molecular formula is C30H34N6O6S. The molecule has 226 valence electrons. The van der Waals surface area contributed by atoms with E-state index in [9.17, 15) is 9.59 Å². The number of aromatic nitrogens is 4. The summed E-state index contributed by atoms with van der Waals surface area (Å²) in [6.45, 7) is 1.02. The topological polar surface area (TPSA) is 130 Å². The molecule has 0 aliphatic carbocycles. The molecule has 43 heavy (non-hydrogen) atoms. The fraction of sp³-hybridized carbons (Fsp3) is 0.367. The molecule has 3 heterocycles. The molecule has 12 nitrogen and oxygen atoms in total. The number of carbonyl (C=O) groups is 2. The lowest BCUT2D eigenvalue weighted by molar-refractivity contribution is -0.142. The number of nitrogens with zero attached hydrogens (tertiary/aromatic N) is 5. The average Bonchev–Trinajstić information content (AvgIpc) is 3.84. The second kappa shape index (κ2) is 14.1. The van der Waals surface area contributed by atoms with Crippen molar-refractivity contribution in [1.82, 2.24) is 30.4 Å². The summed E-state index contributed by atoms with van der Waals surface area (Å²) in [6.07, 6.45) is 1.82. The van der Waals surface area contributed by atoms with Gasteiger partial charge in [0.05, 0.1) is 27.4 Å². The lowest BCUT2D eigenvalue weighted by atomic mass is 10.1. The molecule has 5 rings (SSSR count). The van der Waals surface area contributed by atoms with E-state index in [2.05, 4.69) is 20.7 Å². The van der Waals surface area contributed by atoms with Gasteiger partial charge in [0.15, 0.2) is 11.5 Å². The second-order valence-corrected chi connectivity index (χ2v) is 10.9. The van der Waals surface area contributed by atoms with Crippen LogP contribution in [0.4, 0.5) is 0 Å². The molecule has 0 bridgehead atoms. The molecule has 1 aliphatic rings. The van der Waals surface area contributed by atoms with Gasteiger partial charge in [0.2, 0.25) is 17.6 Å². The number of thiophene rings is 1. The van der Waals surface area contributed by atoms with E-state index in [4.69, 9.17) is 18.9 Å². The predicted molar refractivity (Wildman–Crippen MR) is 159 cm³/mol. The summed E-state index contributed by atoms with van der Waals surface area (Å²) in [4.78, 5) is 31.3. The molecule has 0 spiro atoms. The molecule has 13 heteroatoms. The van der Waals surface area contributed by atoms with Gasteiger partial charge >= 0.3 is 0 Å². The van der Waals surface area contributed by atoms with Crippen molar-refractivity contribution >= 4 is 23.2 Å². The van der Waals surface area contributed by atoms with Gasteiger partial charge in [0, 0.05) is 30.1 Å². The van der Waals surface area contributed by atoms with Gasteiger partial charge in [-0.25, -0.2) is 0 Å². The van der Waals surface area contributed by atoms with Gasteiger partial charge in [-0.05, 0) is 65.4 Å². The molecule has 1 aliphatic heterocycles. The van der Waals surface area contributed by atoms with E-state index in [1.807, 2.05) is 41.8 Å². The van der Waals surface area contributed by atoms with Crippen LogP contribution in [0, 0.1) is 0 Å². The number of nitrogens with one attached hydrogen (secondary N) is 1. The quantitative estimate of drug-likeness (QED) is 0.243. The first-order valence-electron chi connectivity index (χ1n) is 13.8. The highest BCUT2D eigenvalue weighted by Crippen LogP contribution is 2.31. The van der Waals surface area contributed by atoms with Gasteiger partial charge in [-0.3, -0.25) is 9.59 Å². The Labute approximate surface area is 253 Å². The highest BCUT2D eigenvalue weighted by atomic mass is 32.1. The summed E-state index contributed by atoms with van der Waals surface area (Å²) >= 11 is 1.42. The summed E-state index contributed by atoms with van der Waals surface area (Å²) in [5, 5.41) is 17.6. The molecule has 0 radical (unpaired) electrons. The number of methoxy groups -OCH3 is 3. The van der Waals surface area contributed by atoms with Crippen LogP contribution in [0.5, 0.6) is 17.2 Å². The van der Waals surface area contributed by atoms with Crippen LogP contribution in [0.2, 0.25) is 0 Å². The van der Waals surface area contributed by atoms with Gasteiger partial charge in [-0.15, -0.1) is 21.5 Å². The molecule has 1 N–H and O–H groups in total. The fourth-order valence-electron chi connectivity index (χ4n) is 4.85. The Morgan fingerprint density at radius 3 is 2.58 bits per heavy atom. The van der Waals surface area contributed by atoms with Gasteiger partial charge in [0.1, 0.15) is 18.3 Å². The number of amides is 2. The Balaban J connectivity index is 1.41. The normalized spacial score (nSPS) is 15.1. The molecule has 0 unspecified atom stereocenters. The Morgan fingerprint density at radius 1 is 1.09 bits per heavy atom. The largest absolute Gasteiger partial charge is 0.497 e. The van der Waals surface area contributed by atoms with Crippen LogP contribution in [-0.2, 0) is 27.4 Å². The standard InChI is InChI=1S/C30H34N6O6S/c1-39-22-11-8-20(9-12-22)18-35(28(26-7-5-15-43-26)30(38)31-17-23-6-4-14-42-23)27(37)19-36-33-29(32-34-36)21-10-13-24(40-2)25(16-21)41-3/h5,7-13,15-16,23,28H,4,6,14,17-19H2,1-3H3,(H,31,38)/t23-,28-/m0/s1. The predicted octanol–water partition coefficient (Wildman–Crippen LogP) is 3.49. The molecule has 2 aromatic carbocycles. The summed E-state index contributed by atoms with van der Waals surface area (Å²) in [5.74, 6) is 1.47. The minimum Gasteiger partial charge on any atom is -0.497 e. The Morgan fingerprint density at radius 2 is 1.91 bits per heavy atom. The van der Waals surface area contributed by atoms with Crippen molar-refractivity contribution in [3.8, 4) is 28.6 Å². The molecule has 4 aromatic rings. The highest BCUT2D eigenvalue weighted by molar-refractivity contribution is 7.10. The van der Waals surface area contributed by atoms with Gasteiger partial charge in [-0.2, -0.15) is 4.80 Å². The number of benzene rings is 2. The fourth-order valence-corrected chi connectivity index (χ4v) is 5.69. The van der Waals surface area contributed by atoms with Crippen molar-refractivity contribution in [3.05, 3.63) is 70.4 Å². The number of hydrogen-bond acceptors (Lipinski definition) is 10. The van der Waals surface area contributed by atoms with Crippen molar-refractivity contribution in [2.24, 2.45) is 0 Å². The lowest BCUT2D eigenvalue weighted by Gasteiger charge is -2.31. The third-order valence-corrected chi connectivity index (χ3v) is 8.03. The van der Waals surface area contributed by atoms with Gasteiger partial charge < -0.3 is 29.2 Å². The number of tetrazole rings is 1. The first kappa shape index (κ1) is 30.0. The van der Waals surface area contributed by atoms with Crippen molar-refractivity contribution in [3.63, 3.8) is 0 Å². The van der Waals surface area contributed by atoms with E-state index in [0.29, 0.717) is 41.8 Å². The van der Waals surface area contributed by atoms with E-state index in [0.717, 1.165) is 23.3 Å². The zero-order valence-corrected chi connectivity index (χ0v) is 25.1. The van der Waals surface area contributed by atoms with Crippen LogP contribution < -0.4 is 19.5 Å². The maximum Gasteiger partial charge on any atom is 0.248 e. The first-order valence-corrected chi connectivity index (χ1v) is 14.7. The third-order valence-electron chi connectivity index (χ3n) is 7.10. The summed E-state index contributed by atoms with van der Waals surface area (Å²) in [6, 6.07) is 15.5. The molecule has 2 aromatic heterocycles. The van der Waals surface area contributed by atoms with E-state index in [1.165, 1.54) is 16.1 Å². The SMILES string of the molecule is COc1ccc(CN(C(=O)Cn2nnc(-c3ccc(OC)c(OC)c3)n2)[C@H](C(=O)NC[C@@H]2CCCO2)c2cccs2)cc1. The zero-order valence-electron chi connectivity index (χ0n) is 24.3. The van der Waals surface area contributed by atoms with Gasteiger partial charge in [0.25, 0.3) is 0 Å². The Bertz CT molecular complexity index is 1500. The van der Waals surface area contributed by atoms with Crippen LogP contribution >= 0.6 is 11.3 Å². The summed E-state index contributed by atoms with van der Waals surface area (Å²) < 4.78 is 21.7. The minimum atomic E-state index is -0.871. The highest BCUT2D eigenvalue weighted by Gasteiger charge is 2.33. The maximum absolute atomic E-state index is 14.0. The number of rotatable bonds is 13. The summed E-state index contributed by atoms with van der Waals surface area (Å²) in [7, 11) is 4.70. The van der Waals surface area contributed by atoms with E-state index in [1.54, 1.807) is 44.4 Å². The van der Waals surface area contributed by atoms with Crippen molar-refractivity contribution in [2.75, 3.05) is 34.5 Å². The minimum absolute atomic E-state index is 0.0342. The average molecular weight is 607 g/mol. The molecule has 2 amide bonds. The third kappa shape index (κ3) is 7.30. The maximum atomic E-state index is 14.0. The summed E-state index contributed by atoms with van der Waals surface area (Å²) in [5.41, 5.74) is 1.48. The number of carbonyl (C=O) groups excluding carboxylic acids is 2. The lowest BCUT2D eigenvalue weighted by Crippen LogP contribution is -2.45. The van der Waals surface area contributed by atoms with Crippen LogP contribution in [0.25, 0.3) is 11.4 Å². The van der Waals surface area contributed by atoms with Crippen LogP contribution in [0.1, 0.15) is 29.3 Å². The van der Waals surface area contributed by atoms with Crippen molar-refractivity contribution in [1.29, 1.82) is 0 Å². The zero-order chi connectivity index (χ0) is 30.2. The van der Waals surface area contributed by atoms with Crippen LogP contribution in [0.15, 0.2) is 60.0 Å². The molecule has 1 saturated heterocycles. The van der Waals surface area contributed by atoms with Crippen molar-refractivity contribution in [2.45, 2.75) is 38.1 Å². The molecule has 2 atom stereocenters. The number of ether oxygens (including phenoxy) is 4. The molecule has 1 fully saturated rings. The van der Waals surface area contributed by atoms with Crippen LogP contribution in [-0.4, -0.2) is 77.5 Å². The molecule has 0 saturated carbocycles. The van der Waals surface area contributed by atoms with E-state index < -0.39 is 6.04 Å². The van der Waals surface area contributed by atoms with Gasteiger partial charge in [-0.1, -0.05) is 18.2 Å². The van der Waals surface area contributed by atoms with E-state index in [-0.39, 0.29) is 31.0 Å². The molecular weight excluding hydrogens is 572 g/mol. The Kier molecular flexibility index (Phi) is 9.84. The second-order valence-electron chi connectivity index (χ2n) is 9.88. The number of hydrogen-bond donors (Lipinski definition) is 1. The van der Waals surface area contributed by atoms with Crippen LogP contribution in [0.3, 0.4) is 0 Å². The smallest absolute Gasteiger partial charge is 0.248 e. The van der Waals surface area contributed by atoms with E-state index >= 15 is 0 Å². The van der Waals surface area contributed by atoms with Crippen molar-refractivity contribution < 1.29 is 28.5 Å². The monoisotopic (exact) mass is 606 g/mol.